The zero-order valence-corrected chi connectivity index (χ0v) is 14.9. The highest BCUT2D eigenvalue weighted by molar-refractivity contribution is 14.1. The molecule has 1 atom stereocenters. The highest BCUT2D eigenvalue weighted by Gasteiger charge is 2.18. The zero-order valence-electron chi connectivity index (χ0n) is 10.4. The number of halogens is 3. The molecule has 1 unspecified atom stereocenters. The Bertz CT molecular complexity index is 556. The molecule has 1 aromatic heterocycles. The predicted molar refractivity (Wildman–Crippen MR) is 93.6 cm³/mol. The van der Waals surface area contributed by atoms with Gasteiger partial charge in [0.15, 0.2) is 0 Å². The molecule has 0 radical (unpaired) electrons. The molecule has 0 aliphatic heterocycles. The van der Waals surface area contributed by atoms with Gasteiger partial charge in [-0.3, -0.25) is 0 Å². The first-order valence-electron chi connectivity index (χ1n) is 6.04. The molecular formula is C14H14Cl2INS. The Labute approximate surface area is 141 Å². The van der Waals surface area contributed by atoms with Gasteiger partial charge in [-0.05, 0) is 64.7 Å². The van der Waals surface area contributed by atoms with E-state index in [0.717, 1.165) is 37.0 Å². The topological polar surface area (TPSA) is 12.0 Å². The summed E-state index contributed by atoms with van der Waals surface area (Å²) in [5.74, 6) is 0. The van der Waals surface area contributed by atoms with E-state index in [1.807, 2.05) is 23.6 Å². The van der Waals surface area contributed by atoms with E-state index >= 15 is 0 Å². The van der Waals surface area contributed by atoms with Crippen molar-refractivity contribution in [2.24, 2.45) is 0 Å². The fraction of sp³-hybridized carbons (Fsp3) is 0.286. The van der Waals surface area contributed by atoms with Crippen LogP contribution in [0.25, 0.3) is 0 Å². The largest absolute Gasteiger partial charge is 0.306 e. The number of benzene rings is 1. The summed E-state index contributed by atoms with van der Waals surface area (Å²) in [5.41, 5.74) is 1.16. The van der Waals surface area contributed by atoms with E-state index in [1.54, 1.807) is 11.3 Å². The molecule has 0 spiro atoms. The monoisotopic (exact) mass is 425 g/mol. The van der Waals surface area contributed by atoms with Gasteiger partial charge < -0.3 is 5.32 Å². The predicted octanol–water partition coefficient (Wildman–Crippen LogP) is 5.75. The Morgan fingerprint density at radius 2 is 2.05 bits per heavy atom. The molecule has 19 heavy (non-hydrogen) atoms. The summed E-state index contributed by atoms with van der Waals surface area (Å²) in [6, 6.07) is 8.22. The van der Waals surface area contributed by atoms with E-state index in [4.69, 9.17) is 23.2 Å². The Balaban J connectivity index is 2.37. The molecule has 1 heterocycles. The van der Waals surface area contributed by atoms with Gasteiger partial charge in [-0.25, -0.2) is 0 Å². The smallest absolute Gasteiger partial charge is 0.0686 e. The minimum absolute atomic E-state index is 0.113. The number of thiophene rings is 1. The Hall–Kier alpha value is 0.190. The van der Waals surface area contributed by atoms with Crippen LogP contribution < -0.4 is 5.32 Å². The third kappa shape index (κ3) is 3.85. The number of rotatable bonds is 5. The van der Waals surface area contributed by atoms with Crippen molar-refractivity contribution in [3.63, 3.8) is 0 Å². The molecule has 0 saturated carbocycles. The Morgan fingerprint density at radius 1 is 1.26 bits per heavy atom. The highest BCUT2D eigenvalue weighted by atomic mass is 127. The van der Waals surface area contributed by atoms with E-state index in [0.29, 0.717) is 0 Å². The fourth-order valence-corrected chi connectivity index (χ4v) is 3.65. The van der Waals surface area contributed by atoms with Crippen molar-refractivity contribution in [1.82, 2.24) is 5.32 Å². The molecule has 0 bridgehead atoms. The van der Waals surface area contributed by atoms with Crippen molar-refractivity contribution >= 4 is 57.1 Å². The van der Waals surface area contributed by atoms with E-state index in [9.17, 15) is 0 Å². The normalized spacial score (nSPS) is 12.6. The maximum Gasteiger partial charge on any atom is 0.0686 e. The van der Waals surface area contributed by atoms with Crippen molar-refractivity contribution in [1.29, 1.82) is 0 Å². The summed E-state index contributed by atoms with van der Waals surface area (Å²) in [6.45, 7) is 3.10. The molecule has 102 valence electrons. The quantitative estimate of drug-likeness (QED) is 0.601. The van der Waals surface area contributed by atoms with Crippen LogP contribution in [0.1, 0.15) is 29.8 Å². The lowest BCUT2D eigenvalue weighted by atomic mass is 10.1. The van der Waals surface area contributed by atoms with Crippen LogP contribution in [0.2, 0.25) is 10.0 Å². The second kappa shape index (κ2) is 7.27. The molecule has 0 saturated heterocycles. The third-order valence-corrected chi connectivity index (χ3v) is 5.78. The molecule has 0 aliphatic rings. The number of hydrogen-bond acceptors (Lipinski definition) is 2. The summed E-state index contributed by atoms with van der Waals surface area (Å²) in [6.07, 6.45) is 1.08. The van der Waals surface area contributed by atoms with Crippen molar-refractivity contribution in [2.75, 3.05) is 6.54 Å². The van der Waals surface area contributed by atoms with E-state index in [-0.39, 0.29) is 6.04 Å². The van der Waals surface area contributed by atoms with Crippen molar-refractivity contribution in [3.8, 4) is 0 Å². The van der Waals surface area contributed by atoms with Crippen LogP contribution in [0.4, 0.5) is 0 Å². The van der Waals surface area contributed by atoms with E-state index in [2.05, 4.69) is 40.9 Å². The van der Waals surface area contributed by atoms with E-state index in [1.165, 1.54) is 0 Å². The van der Waals surface area contributed by atoms with Gasteiger partial charge in [0, 0.05) is 8.45 Å². The minimum Gasteiger partial charge on any atom is -0.306 e. The standard InChI is InChI=1S/C14H14Cl2INS/c1-2-6-18-13(14-10(15)5-7-19-14)9-3-4-12(17)11(16)8-9/h3-5,7-8,13,18H,2,6H2,1H3. The zero-order chi connectivity index (χ0) is 13.8. The first kappa shape index (κ1) is 15.6. The van der Waals surface area contributed by atoms with Gasteiger partial charge in [-0.2, -0.15) is 0 Å². The van der Waals surface area contributed by atoms with Crippen molar-refractivity contribution in [2.45, 2.75) is 19.4 Å². The lowest BCUT2D eigenvalue weighted by Gasteiger charge is -2.19. The van der Waals surface area contributed by atoms with Crippen LogP contribution in [0, 0.1) is 3.57 Å². The molecule has 2 aromatic rings. The molecule has 0 aliphatic carbocycles. The molecule has 0 fully saturated rings. The van der Waals surface area contributed by atoms with Crippen LogP contribution >= 0.6 is 57.1 Å². The second-order valence-corrected chi connectivity index (χ2v) is 7.12. The van der Waals surface area contributed by atoms with Crippen molar-refractivity contribution < 1.29 is 0 Å². The SMILES string of the molecule is CCCNC(c1ccc(I)c(Cl)c1)c1sccc1Cl. The second-order valence-electron chi connectivity index (χ2n) is 4.19. The fourth-order valence-electron chi connectivity index (χ4n) is 1.85. The molecule has 1 nitrogen and oxygen atoms in total. The Morgan fingerprint density at radius 3 is 2.63 bits per heavy atom. The summed E-state index contributed by atoms with van der Waals surface area (Å²) in [5, 5.41) is 7.16. The molecule has 0 amide bonds. The van der Waals surface area contributed by atoms with Crippen LogP contribution in [0.15, 0.2) is 29.6 Å². The van der Waals surface area contributed by atoms with Gasteiger partial charge in [0.25, 0.3) is 0 Å². The first-order valence-corrected chi connectivity index (χ1v) is 8.76. The van der Waals surface area contributed by atoms with Gasteiger partial charge in [0.05, 0.1) is 16.1 Å². The van der Waals surface area contributed by atoms with Gasteiger partial charge in [0.1, 0.15) is 0 Å². The summed E-state index contributed by atoms with van der Waals surface area (Å²) in [7, 11) is 0. The highest BCUT2D eigenvalue weighted by Crippen LogP contribution is 2.34. The summed E-state index contributed by atoms with van der Waals surface area (Å²) >= 11 is 16.4. The van der Waals surface area contributed by atoms with Crippen LogP contribution in [0.5, 0.6) is 0 Å². The maximum absolute atomic E-state index is 6.27. The minimum atomic E-state index is 0.113. The van der Waals surface area contributed by atoms with Gasteiger partial charge in [0.2, 0.25) is 0 Å². The molecule has 2 rings (SSSR count). The van der Waals surface area contributed by atoms with Crippen molar-refractivity contribution in [3.05, 3.63) is 53.7 Å². The van der Waals surface area contributed by atoms with Crippen LogP contribution in [-0.4, -0.2) is 6.54 Å². The first-order chi connectivity index (χ1) is 9.13. The van der Waals surface area contributed by atoms with E-state index < -0.39 is 0 Å². The molecule has 1 N–H and O–H groups in total. The lowest BCUT2D eigenvalue weighted by Crippen LogP contribution is -2.22. The van der Waals surface area contributed by atoms with Crippen LogP contribution in [0.3, 0.4) is 0 Å². The molecule has 1 aromatic carbocycles. The average molecular weight is 426 g/mol. The van der Waals surface area contributed by atoms with Gasteiger partial charge in [-0.15, -0.1) is 11.3 Å². The summed E-state index contributed by atoms with van der Waals surface area (Å²) < 4.78 is 1.06. The third-order valence-electron chi connectivity index (χ3n) is 2.78. The molecule has 5 heteroatoms. The molecular weight excluding hydrogens is 412 g/mol. The number of nitrogens with one attached hydrogen (secondary N) is 1. The maximum atomic E-state index is 6.27. The average Bonchev–Trinajstić information content (AvgIpc) is 2.80. The van der Waals surface area contributed by atoms with Crippen LogP contribution in [-0.2, 0) is 0 Å². The van der Waals surface area contributed by atoms with Gasteiger partial charge >= 0.3 is 0 Å². The lowest BCUT2D eigenvalue weighted by molar-refractivity contribution is 0.606. The summed E-state index contributed by atoms with van der Waals surface area (Å²) in [4.78, 5) is 1.15. The Kier molecular flexibility index (Phi) is 5.96. The van der Waals surface area contributed by atoms with Gasteiger partial charge in [-0.1, -0.05) is 36.2 Å². The number of hydrogen-bond donors (Lipinski definition) is 1.